The third-order valence-corrected chi connectivity index (χ3v) is 3.50. The van der Waals surface area contributed by atoms with E-state index < -0.39 is 40.4 Å². The Morgan fingerprint density at radius 3 is 2.36 bits per heavy atom. The molecule has 0 aromatic carbocycles. The molecular formula is C15H12ClF5N2O2. The molecule has 0 spiro atoms. The summed E-state index contributed by atoms with van der Waals surface area (Å²) in [5.41, 5.74) is -4.71. The average molecular weight is 383 g/mol. The highest BCUT2D eigenvalue weighted by molar-refractivity contribution is 6.68. The molecule has 2 heterocycles. The van der Waals surface area contributed by atoms with Gasteiger partial charge in [0, 0.05) is 11.6 Å². The number of alkyl halides is 5. The Morgan fingerprint density at radius 2 is 1.96 bits per heavy atom. The maximum absolute atomic E-state index is 13.5. The minimum atomic E-state index is -5.04. The fraction of sp³-hybridized carbons (Fsp3) is 0.400. The van der Waals surface area contributed by atoms with E-state index in [2.05, 4.69) is 14.7 Å². The minimum absolute atomic E-state index is 0.110. The molecule has 2 rings (SSSR count). The summed E-state index contributed by atoms with van der Waals surface area (Å²) in [5.74, 6) is -0.255. The predicted octanol–water partition coefficient (Wildman–Crippen LogP) is 5.27. The molecule has 10 heteroatoms. The molecule has 0 aliphatic heterocycles. The highest BCUT2D eigenvalue weighted by Gasteiger charge is 2.41. The molecule has 0 radical (unpaired) electrons. The Balaban J connectivity index is 2.99. The van der Waals surface area contributed by atoms with Crippen LogP contribution in [0.5, 0.6) is 0 Å². The van der Waals surface area contributed by atoms with Gasteiger partial charge in [-0.15, -0.1) is 0 Å². The van der Waals surface area contributed by atoms with Crippen LogP contribution in [0.1, 0.15) is 47.6 Å². The van der Waals surface area contributed by atoms with Crippen LogP contribution in [0, 0.1) is 5.92 Å². The van der Waals surface area contributed by atoms with Gasteiger partial charge >= 0.3 is 6.18 Å². The summed E-state index contributed by atoms with van der Waals surface area (Å²) in [6.45, 7) is 3.32. The van der Waals surface area contributed by atoms with Crippen LogP contribution in [0.2, 0.25) is 0 Å². The summed E-state index contributed by atoms with van der Waals surface area (Å²) in [6, 6.07) is 1.13. The lowest BCUT2D eigenvalue weighted by Gasteiger charge is -2.20. The van der Waals surface area contributed by atoms with Crippen LogP contribution in [0.25, 0.3) is 11.3 Å². The third kappa shape index (κ3) is 3.97. The monoisotopic (exact) mass is 382 g/mol. The molecule has 0 N–H and O–H groups in total. The number of aromatic nitrogens is 2. The number of nitrogens with zero attached hydrogens (tertiary/aromatic N) is 2. The number of pyridine rings is 1. The molecule has 0 aliphatic carbocycles. The van der Waals surface area contributed by atoms with Crippen molar-refractivity contribution in [2.45, 2.75) is 32.9 Å². The summed E-state index contributed by atoms with van der Waals surface area (Å²) in [6.07, 6.45) is -7.53. The van der Waals surface area contributed by atoms with Gasteiger partial charge in [-0.05, 0) is 29.5 Å². The van der Waals surface area contributed by atoms with Crippen molar-refractivity contribution >= 4 is 16.8 Å². The van der Waals surface area contributed by atoms with Crippen LogP contribution < -0.4 is 0 Å². The summed E-state index contributed by atoms with van der Waals surface area (Å²) >= 11 is 5.40. The highest BCUT2D eigenvalue weighted by atomic mass is 35.5. The van der Waals surface area contributed by atoms with Crippen LogP contribution in [-0.2, 0) is 12.6 Å². The molecule has 0 bridgehead atoms. The lowest BCUT2D eigenvalue weighted by atomic mass is 9.90. The number of hydrogen-bond acceptors (Lipinski definition) is 4. The van der Waals surface area contributed by atoms with Gasteiger partial charge < -0.3 is 4.52 Å². The van der Waals surface area contributed by atoms with Gasteiger partial charge in [-0.1, -0.05) is 19.0 Å². The Bertz CT molecular complexity index is 773. The summed E-state index contributed by atoms with van der Waals surface area (Å²) in [5, 5.41) is 2.14. The second kappa shape index (κ2) is 7.07. The SMILES string of the molecule is CC(C)Cc1c(C(=O)Cl)c(C(F)F)nc(C(F)(F)F)c1-c1ccon1. The first kappa shape index (κ1) is 19.3. The fourth-order valence-corrected chi connectivity index (χ4v) is 2.68. The van der Waals surface area contributed by atoms with Crippen molar-refractivity contribution in [3.05, 3.63) is 34.8 Å². The van der Waals surface area contributed by atoms with Crippen LogP contribution in [-0.4, -0.2) is 15.4 Å². The number of rotatable bonds is 5. The largest absolute Gasteiger partial charge is 0.434 e. The number of hydrogen-bond donors (Lipinski definition) is 0. The van der Waals surface area contributed by atoms with Crippen LogP contribution >= 0.6 is 11.6 Å². The van der Waals surface area contributed by atoms with Crippen molar-refractivity contribution in [2.75, 3.05) is 0 Å². The van der Waals surface area contributed by atoms with Crippen LogP contribution in [0.15, 0.2) is 16.9 Å². The first-order valence-corrected chi connectivity index (χ1v) is 7.44. The average Bonchev–Trinajstić information content (AvgIpc) is 2.97. The molecule has 25 heavy (non-hydrogen) atoms. The lowest BCUT2D eigenvalue weighted by Crippen LogP contribution is -2.19. The van der Waals surface area contributed by atoms with E-state index in [1.54, 1.807) is 13.8 Å². The van der Waals surface area contributed by atoms with Gasteiger partial charge in [0.05, 0.1) is 5.56 Å². The van der Waals surface area contributed by atoms with E-state index >= 15 is 0 Å². The van der Waals surface area contributed by atoms with E-state index in [9.17, 15) is 26.7 Å². The Hall–Kier alpha value is -2.03. The van der Waals surface area contributed by atoms with Gasteiger partial charge in [0.2, 0.25) is 0 Å². The van der Waals surface area contributed by atoms with E-state index in [0.29, 0.717) is 0 Å². The van der Waals surface area contributed by atoms with Gasteiger partial charge in [0.25, 0.3) is 11.7 Å². The van der Waals surface area contributed by atoms with E-state index in [1.807, 2.05) is 0 Å². The number of carbonyl (C=O) groups excluding carboxylic acids is 1. The summed E-state index contributed by atoms with van der Waals surface area (Å²) in [7, 11) is 0. The number of carbonyl (C=O) groups is 1. The topological polar surface area (TPSA) is 56.0 Å². The first-order valence-electron chi connectivity index (χ1n) is 7.06. The molecule has 4 nitrogen and oxygen atoms in total. The molecule has 0 atom stereocenters. The van der Waals surface area contributed by atoms with E-state index in [4.69, 9.17) is 11.6 Å². The standard InChI is InChI=1S/C15H12ClF5N2O2/c1-6(2)5-7-9(8-3-4-25-23-8)12(15(19,20)21)22-11(14(17)18)10(7)13(16)24/h3-4,6,14H,5H2,1-2H3. The van der Waals surface area contributed by atoms with Crippen molar-refractivity contribution in [2.24, 2.45) is 5.92 Å². The van der Waals surface area contributed by atoms with Crippen LogP contribution in [0.4, 0.5) is 22.0 Å². The Labute approximate surface area is 144 Å². The van der Waals surface area contributed by atoms with Crippen molar-refractivity contribution in [3.8, 4) is 11.3 Å². The van der Waals surface area contributed by atoms with Crippen LogP contribution in [0.3, 0.4) is 0 Å². The quantitative estimate of drug-likeness (QED) is 0.522. The van der Waals surface area contributed by atoms with Crippen molar-refractivity contribution in [1.29, 1.82) is 0 Å². The van der Waals surface area contributed by atoms with Crippen molar-refractivity contribution < 1.29 is 31.3 Å². The smallest absolute Gasteiger partial charge is 0.364 e. The van der Waals surface area contributed by atoms with E-state index in [1.165, 1.54) is 0 Å². The summed E-state index contributed by atoms with van der Waals surface area (Å²) < 4.78 is 71.5. The second-order valence-electron chi connectivity index (χ2n) is 5.63. The molecule has 0 amide bonds. The lowest BCUT2D eigenvalue weighted by molar-refractivity contribution is -0.141. The van der Waals surface area contributed by atoms with Crippen molar-refractivity contribution in [1.82, 2.24) is 10.1 Å². The Kier molecular flexibility index (Phi) is 5.46. The van der Waals surface area contributed by atoms with E-state index in [0.717, 1.165) is 12.3 Å². The molecule has 0 unspecified atom stereocenters. The maximum atomic E-state index is 13.5. The molecule has 136 valence electrons. The molecular weight excluding hydrogens is 371 g/mol. The zero-order valence-corrected chi connectivity index (χ0v) is 13.8. The van der Waals surface area contributed by atoms with Crippen molar-refractivity contribution in [3.63, 3.8) is 0 Å². The Morgan fingerprint density at radius 1 is 1.32 bits per heavy atom. The molecule has 2 aromatic heterocycles. The minimum Gasteiger partial charge on any atom is -0.364 e. The molecule has 0 fully saturated rings. The third-order valence-electron chi connectivity index (χ3n) is 3.31. The summed E-state index contributed by atoms with van der Waals surface area (Å²) in [4.78, 5) is 14.7. The molecule has 0 aliphatic rings. The first-order chi connectivity index (χ1) is 11.5. The number of halogens is 6. The zero-order valence-electron chi connectivity index (χ0n) is 13.0. The fourth-order valence-electron chi connectivity index (χ4n) is 2.47. The van der Waals surface area contributed by atoms with Gasteiger partial charge in [-0.2, -0.15) is 13.2 Å². The molecule has 2 aromatic rings. The zero-order chi connectivity index (χ0) is 18.9. The van der Waals surface area contributed by atoms with Gasteiger partial charge in [0.15, 0.2) is 5.69 Å². The maximum Gasteiger partial charge on any atom is 0.434 e. The highest BCUT2D eigenvalue weighted by Crippen LogP contribution is 2.42. The van der Waals surface area contributed by atoms with Gasteiger partial charge in [0.1, 0.15) is 17.7 Å². The molecule has 0 saturated carbocycles. The second-order valence-corrected chi connectivity index (χ2v) is 5.97. The van der Waals surface area contributed by atoms with Gasteiger partial charge in [-0.25, -0.2) is 13.8 Å². The normalized spacial score (nSPS) is 12.2. The van der Waals surface area contributed by atoms with Gasteiger partial charge in [-0.3, -0.25) is 4.79 Å². The molecule has 0 saturated heterocycles. The van der Waals surface area contributed by atoms with E-state index in [-0.39, 0.29) is 23.6 Å². The predicted molar refractivity (Wildman–Crippen MR) is 78.4 cm³/mol.